The van der Waals surface area contributed by atoms with Gasteiger partial charge in [0.05, 0.1) is 0 Å². The molecule has 4 nitrogen and oxygen atoms in total. The van der Waals surface area contributed by atoms with Crippen LogP contribution in [0.15, 0.2) is 66.7 Å². The zero-order valence-corrected chi connectivity index (χ0v) is 19.0. The average Bonchev–Trinajstić information content (AvgIpc) is 3.51. The molecule has 2 aliphatic heterocycles. The Morgan fingerprint density at radius 3 is 2.38 bits per heavy atom. The van der Waals surface area contributed by atoms with Gasteiger partial charge in [-0.3, -0.25) is 0 Å². The molecule has 1 unspecified atom stereocenters. The first-order valence-electron chi connectivity index (χ1n) is 11.8. The molecule has 34 heavy (non-hydrogen) atoms. The third kappa shape index (κ3) is 2.98. The number of benzene rings is 4. The first kappa shape index (κ1) is 19.5. The highest BCUT2D eigenvalue weighted by molar-refractivity contribution is 5.99. The van der Waals surface area contributed by atoms with Gasteiger partial charge in [-0.1, -0.05) is 49.4 Å². The Kier molecular flexibility index (Phi) is 4.34. The molecule has 0 amide bonds. The van der Waals surface area contributed by atoms with Crippen LogP contribution in [0.25, 0.3) is 28.0 Å². The zero-order valence-electron chi connectivity index (χ0n) is 19.0. The summed E-state index contributed by atoms with van der Waals surface area (Å²) in [7, 11) is 0. The number of allylic oxidation sites excluding steroid dienone is 1. The van der Waals surface area contributed by atoms with E-state index in [1.165, 1.54) is 38.6 Å². The second-order valence-electron chi connectivity index (χ2n) is 9.21. The Morgan fingerprint density at radius 2 is 1.53 bits per heavy atom. The van der Waals surface area contributed by atoms with Gasteiger partial charge in [-0.2, -0.15) is 0 Å². The Labute approximate surface area is 198 Å². The number of hydrogen-bond acceptors (Lipinski definition) is 4. The second-order valence-corrected chi connectivity index (χ2v) is 9.21. The Hall–Kier alpha value is -3.92. The van der Waals surface area contributed by atoms with Gasteiger partial charge in [-0.15, -0.1) is 0 Å². The Morgan fingerprint density at radius 1 is 0.765 bits per heavy atom. The van der Waals surface area contributed by atoms with E-state index in [9.17, 15) is 0 Å². The van der Waals surface area contributed by atoms with Crippen molar-refractivity contribution in [1.29, 1.82) is 0 Å². The molecular formula is C30H24O4. The van der Waals surface area contributed by atoms with Crippen LogP contribution in [0.2, 0.25) is 0 Å². The highest BCUT2D eigenvalue weighted by Crippen LogP contribution is 2.49. The minimum atomic E-state index is 0.267. The van der Waals surface area contributed by atoms with Gasteiger partial charge in [-0.25, -0.2) is 0 Å². The summed E-state index contributed by atoms with van der Waals surface area (Å²) in [5.41, 5.74) is 7.42. The fourth-order valence-electron chi connectivity index (χ4n) is 5.52. The standard InChI is InChI=1S/C30H24O4/c1-18-6-5-9-22-21(10-11-26-30(22)34-17-31-26)24-13-20(12-19-7-3-2-4-8-19)23-14-27-28(33-16-32-27)15-25(23)29(18)24/h2-5,7-11,13-15,18H,6,12,16-17H2,1H3. The monoisotopic (exact) mass is 448 g/mol. The topological polar surface area (TPSA) is 36.9 Å². The molecule has 4 heteroatoms. The second kappa shape index (κ2) is 7.56. The molecule has 168 valence electrons. The van der Waals surface area contributed by atoms with Crippen molar-refractivity contribution in [3.8, 4) is 34.1 Å². The lowest BCUT2D eigenvalue weighted by Gasteiger charge is -2.24. The van der Waals surface area contributed by atoms with E-state index in [-0.39, 0.29) is 13.6 Å². The predicted octanol–water partition coefficient (Wildman–Crippen LogP) is 7.08. The van der Waals surface area contributed by atoms with Crippen LogP contribution in [0.3, 0.4) is 0 Å². The van der Waals surface area contributed by atoms with E-state index < -0.39 is 0 Å². The normalized spacial score (nSPS) is 17.3. The van der Waals surface area contributed by atoms with Gasteiger partial charge < -0.3 is 18.9 Å². The largest absolute Gasteiger partial charge is 0.454 e. The Bertz CT molecular complexity index is 1470. The lowest BCUT2D eigenvalue weighted by Crippen LogP contribution is -2.04. The van der Waals surface area contributed by atoms with Crippen molar-refractivity contribution < 1.29 is 18.9 Å². The molecule has 0 saturated heterocycles. The molecule has 7 rings (SSSR count). The molecule has 4 aromatic carbocycles. The van der Waals surface area contributed by atoms with Gasteiger partial charge in [-0.05, 0) is 87.7 Å². The van der Waals surface area contributed by atoms with Crippen molar-refractivity contribution in [2.45, 2.75) is 25.7 Å². The molecule has 0 N–H and O–H groups in total. The van der Waals surface area contributed by atoms with E-state index in [0.29, 0.717) is 5.92 Å². The fraction of sp³-hybridized carbons (Fsp3) is 0.200. The number of fused-ring (bicyclic) bond motifs is 8. The smallest absolute Gasteiger partial charge is 0.231 e. The van der Waals surface area contributed by atoms with Crippen LogP contribution in [0, 0.1) is 0 Å². The van der Waals surface area contributed by atoms with Crippen LogP contribution in [0.1, 0.15) is 41.5 Å². The summed E-state index contributed by atoms with van der Waals surface area (Å²) in [4.78, 5) is 0. The Balaban J connectivity index is 1.55. The zero-order chi connectivity index (χ0) is 22.6. The van der Waals surface area contributed by atoms with E-state index >= 15 is 0 Å². The van der Waals surface area contributed by atoms with Crippen molar-refractivity contribution in [2.75, 3.05) is 13.6 Å². The maximum atomic E-state index is 5.90. The van der Waals surface area contributed by atoms with E-state index in [1.54, 1.807) is 0 Å². The van der Waals surface area contributed by atoms with Crippen LogP contribution in [-0.4, -0.2) is 13.6 Å². The van der Waals surface area contributed by atoms with Gasteiger partial charge in [0.1, 0.15) is 0 Å². The summed E-state index contributed by atoms with van der Waals surface area (Å²) in [6.45, 7) is 2.85. The molecule has 2 heterocycles. The summed E-state index contributed by atoms with van der Waals surface area (Å²) in [6, 6.07) is 21.6. The van der Waals surface area contributed by atoms with Crippen LogP contribution in [-0.2, 0) is 6.42 Å². The summed E-state index contributed by atoms with van der Waals surface area (Å²) >= 11 is 0. The van der Waals surface area contributed by atoms with Crippen LogP contribution >= 0.6 is 0 Å². The number of rotatable bonds is 2. The van der Waals surface area contributed by atoms with E-state index in [4.69, 9.17) is 18.9 Å². The third-order valence-corrected chi connectivity index (χ3v) is 7.13. The fourth-order valence-corrected chi connectivity index (χ4v) is 5.52. The summed E-state index contributed by atoms with van der Waals surface area (Å²) in [6.07, 6.45) is 6.24. The van der Waals surface area contributed by atoms with Crippen molar-refractivity contribution >= 4 is 16.8 Å². The highest BCUT2D eigenvalue weighted by atomic mass is 16.7. The van der Waals surface area contributed by atoms with E-state index in [1.807, 2.05) is 6.07 Å². The van der Waals surface area contributed by atoms with Gasteiger partial charge >= 0.3 is 0 Å². The summed E-state index contributed by atoms with van der Waals surface area (Å²) < 4.78 is 23.2. The third-order valence-electron chi connectivity index (χ3n) is 7.13. The molecule has 0 fully saturated rings. The minimum Gasteiger partial charge on any atom is -0.454 e. The molecule has 0 aromatic heterocycles. The average molecular weight is 449 g/mol. The van der Waals surface area contributed by atoms with E-state index in [2.05, 4.69) is 73.7 Å². The van der Waals surface area contributed by atoms with Gasteiger partial charge in [0.25, 0.3) is 0 Å². The SMILES string of the molecule is CC1CC=Cc2c(ccc3c2OCO3)-c2cc(Cc3ccccc3)c3cc4c(cc3c21)OCO4. The molecule has 0 radical (unpaired) electrons. The predicted molar refractivity (Wildman–Crippen MR) is 133 cm³/mol. The minimum absolute atomic E-state index is 0.267. The quantitative estimate of drug-likeness (QED) is 0.328. The van der Waals surface area contributed by atoms with Gasteiger partial charge in [0.2, 0.25) is 13.6 Å². The molecule has 0 bridgehead atoms. The molecule has 4 aromatic rings. The maximum Gasteiger partial charge on any atom is 0.231 e. The number of hydrogen-bond donors (Lipinski definition) is 0. The van der Waals surface area contributed by atoms with Crippen LogP contribution in [0.5, 0.6) is 23.0 Å². The summed E-state index contributed by atoms with van der Waals surface area (Å²) in [5, 5.41) is 2.46. The van der Waals surface area contributed by atoms with Crippen molar-refractivity contribution in [3.05, 3.63) is 89.0 Å². The van der Waals surface area contributed by atoms with Crippen LogP contribution in [0.4, 0.5) is 0 Å². The molecule has 0 spiro atoms. The van der Waals surface area contributed by atoms with Crippen molar-refractivity contribution in [2.24, 2.45) is 0 Å². The molecule has 1 atom stereocenters. The molecule has 1 aliphatic carbocycles. The van der Waals surface area contributed by atoms with Gasteiger partial charge in [0, 0.05) is 5.56 Å². The molecule has 0 saturated carbocycles. The highest BCUT2D eigenvalue weighted by Gasteiger charge is 2.27. The van der Waals surface area contributed by atoms with Crippen molar-refractivity contribution in [1.82, 2.24) is 0 Å². The first-order valence-corrected chi connectivity index (χ1v) is 11.8. The lowest BCUT2D eigenvalue weighted by molar-refractivity contribution is 0.173. The van der Waals surface area contributed by atoms with Crippen LogP contribution < -0.4 is 18.9 Å². The molecule has 3 aliphatic rings. The summed E-state index contributed by atoms with van der Waals surface area (Å²) in [5.74, 6) is 3.64. The van der Waals surface area contributed by atoms with Gasteiger partial charge in [0.15, 0.2) is 23.0 Å². The van der Waals surface area contributed by atoms with E-state index in [0.717, 1.165) is 41.4 Å². The maximum absolute atomic E-state index is 5.90. The lowest BCUT2D eigenvalue weighted by atomic mass is 9.80. The molecular weight excluding hydrogens is 424 g/mol. The van der Waals surface area contributed by atoms with Crippen molar-refractivity contribution in [3.63, 3.8) is 0 Å². The number of ether oxygens (including phenoxy) is 4. The first-order chi connectivity index (χ1) is 16.8.